The molecule has 1 atom stereocenters. The van der Waals surface area contributed by atoms with Crippen LogP contribution in [0.15, 0.2) is 22.7 Å². The molecule has 27 heavy (non-hydrogen) atoms. The number of rotatable bonds is 5. The van der Waals surface area contributed by atoms with E-state index in [2.05, 4.69) is 15.5 Å². The van der Waals surface area contributed by atoms with Crippen molar-refractivity contribution in [3.05, 3.63) is 40.5 Å². The Morgan fingerprint density at radius 2 is 2.22 bits per heavy atom. The van der Waals surface area contributed by atoms with E-state index in [0.717, 1.165) is 5.56 Å². The summed E-state index contributed by atoms with van der Waals surface area (Å²) >= 11 is 6.03. The van der Waals surface area contributed by atoms with Gasteiger partial charge in [0.1, 0.15) is 17.9 Å². The Kier molecular flexibility index (Phi) is 5.03. The second-order valence-electron chi connectivity index (χ2n) is 6.70. The smallest absolute Gasteiger partial charge is 0.262 e. The highest BCUT2D eigenvalue weighted by molar-refractivity contribution is 6.30. The third-order valence-electron chi connectivity index (χ3n) is 4.85. The number of fused-ring (bicyclic) bond motifs is 1. The van der Waals surface area contributed by atoms with Crippen LogP contribution in [0.1, 0.15) is 30.1 Å². The normalized spacial score (nSPS) is 20.7. The summed E-state index contributed by atoms with van der Waals surface area (Å²) in [4.78, 5) is 17.3. The zero-order valence-electron chi connectivity index (χ0n) is 14.9. The predicted octanol–water partition coefficient (Wildman–Crippen LogP) is 1.99. The first kappa shape index (κ1) is 18.2. The van der Waals surface area contributed by atoms with Crippen LogP contribution < -0.4 is 10.1 Å². The monoisotopic (exact) mass is 393 g/mol. The number of halogens is 1. The lowest BCUT2D eigenvalue weighted by molar-refractivity contribution is -0.131. The molecule has 2 aromatic rings. The predicted molar refractivity (Wildman–Crippen MR) is 94.5 cm³/mol. The number of aromatic nitrogens is 2. The van der Waals surface area contributed by atoms with Crippen molar-refractivity contribution in [1.29, 1.82) is 0 Å². The molecule has 0 aliphatic carbocycles. The summed E-state index contributed by atoms with van der Waals surface area (Å²) in [6.07, 6.45) is 0.921. The number of amides is 1. The zero-order chi connectivity index (χ0) is 18.9. The largest absolute Gasteiger partial charge is 0.480 e. The van der Waals surface area contributed by atoms with Crippen molar-refractivity contribution in [2.24, 2.45) is 0 Å². The molecular weight excluding hydrogens is 374 g/mol. The van der Waals surface area contributed by atoms with E-state index in [9.17, 15) is 4.79 Å². The number of hydrogen-bond donors (Lipinski definition) is 1. The molecule has 0 bridgehead atoms. The lowest BCUT2D eigenvalue weighted by atomic mass is 9.89. The van der Waals surface area contributed by atoms with Crippen LogP contribution in [-0.4, -0.2) is 42.5 Å². The highest BCUT2D eigenvalue weighted by atomic mass is 35.5. The quantitative estimate of drug-likeness (QED) is 0.829. The second-order valence-corrected chi connectivity index (χ2v) is 7.13. The summed E-state index contributed by atoms with van der Waals surface area (Å²) in [6, 6.07) is 5.35. The zero-order valence-corrected chi connectivity index (χ0v) is 15.6. The maximum absolute atomic E-state index is 13.0. The summed E-state index contributed by atoms with van der Waals surface area (Å²) in [6.45, 7) is 1.22. The van der Waals surface area contributed by atoms with Crippen LogP contribution in [0.4, 0.5) is 0 Å². The van der Waals surface area contributed by atoms with Crippen LogP contribution in [0.3, 0.4) is 0 Å². The van der Waals surface area contributed by atoms with Crippen LogP contribution >= 0.6 is 11.6 Å². The molecule has 3 heterocycles. The molecule has 0 radical (unpaired) electrons. The number of ether oxygens (including phenoxy) is 3. The van der Waals surface area contributed by atoms with E-state index < -0.39 is 11.6 Å². The Hall–Kier alpha value is -2.16. The van der Waals surface area contributed by atoms with Crippen molar-refractivity contribution in [2.45, 2.75) is 37.5 Å². The molecule has 9 heteroatoms. The molecule has 2 aliphatic rings. The lowest BCUT2D eigenvalue weighted by Crippen LogP contribution is -2.53. The molecule has 0 saturated carbocycles. The number of nitrogens with zero attached hydrogens (tertiary/aromatic N) is 2. The minimum Gasteiger partial charge on any atom is -0.480 e. The van der Waals surface area contributed by atoms with Gasteiger partial charge in [-0.1, -0.05) is 16.8 Å². The molecule has 1 unspecified atom stereocenters. The first-order valence-electron chi connectivity index (χ1n) is 8.76. The van der Waals surface area contributed by atoms with Gasteiger partial charge in [0.15, 0.2) is 11.9 Å². The van der Waals surface area contributed by atoms with Gasteiger partial charge in [-0.2, -0.15) is 4.98 Å². The van der Waals surface area contributed by atoms with Crippen molar-refractivity contribution in [3.63, 3.8) is 0 Å². The maximum atomic E-state index is 13.0. The fourth-order valence-corrected chi connectivity index (χ4v) is 3.62. The van der Waals surface area contributed by atoms with Crippen LogP contribution in [-0.2, 0) is 32.8 Å². The molecule has 2 aliphatic heterocycles. The fraction of sp³-hybridized carbons (Fsp3) is 0.500. The van der Waals surface area contributed by atoms with Crippen molar-refractivity contribution >= 4 is 17.5 Å². The number of methoxy groups -OCH3 is 1. The van der Waals surface area contributed by atoms with Crippen LogP contribution in [0.5, 0.6) is 5.75 Å². The van der Waals surface area contributed by atoms with Gasteiger partial charge in [0, 0.05) is 44.6 Å². The first-order valence-corrected chi connectivity index (χ1v) is 9.14. The average Bonchev–Trinajstić information content (AvgIpc) is 3.30. The number of hydrogen-bond acceptors (Lipinski definition) is 7. The van der Waals surface area contributed by atoms with Gasteiger partial charge < -0.3 is 24.1 Å². The number of carbonyl (C=O) groups excluding carboxylic acids is 1. The molecule has 1 amide bonds. The van der Waals surface area contributed by atoms with Crippen LogP contribution in [0.2, 0.25) is 5.02 Å². The van der Waals surface area contributed by atoms with Gasteiger partial charge in [-0.3, -0.25) is 4.79 Å². The fourth-order valence-electron chi connectivity index (χ4n) is 3.43. The lowest BCUT2D eigenvalue weighted by Gasteiger charge is -2.35. The van der Waals surface area contributed by atoms with E-state index in [1.807, 2.05) is 6.07 Å². The van der Waals surface area contributed by atoms with E-state index in [-0.39, 0.29) is 12.5 Å². The summed E-state index contributed by atoms with van der Waals surface area (Å²) < 4.78 is 21.7. The summed E-state index contributed by atoms with van der Waals surface area (Å²) in [7, 11) is 1.56. The number of nitrogens with one attached hydrogen (secondary N) is 1. The standard InChI is InChI=1S/C18H20ClN3O5/c1-24-10-15-20-17(27-22-15)18(4-6-25-7-5-18)21-16(23)14-9-11-8-12(19)2-3-13(11)26-14/h2-3,8,14H,4-7,9-10H2,1H3,(H,21,23). The first-order chi connectivity index (χ1) is 13.1. The molecule has 144 valence electrons. The van der Waals surface area contributed by atoms with E-state index in [1.165, 1.54) is 0 Å². The Bertz CT molecular complexity index is 834. The molecule has 1 aromatic carbocycles. The molecular formula is C18H20ClN3O5. The number of carbonyl (C=O) groups is 1. The third-order valence-corrected chi connectivity index (χ3v) is 5.08. The summed E-state index contributed by atoms with van der Waals surface area (Å²) in [5.74, 6) is 1.26. The van der Waals surface area contributed by atoms with Gasteiger partial charge >= 0.3 is 0 Å². The van der Waals surface area contributed by atoms with Gasteiger partial charge in [0.25, 0.3) is 11.8 Å². The van der Waals surface area contributed by atoms with Gasteiger partial charge in [0.05, 0.1) is 0 Å². The van der Waals surface area contributed by atoms with Gasteiger partial charge in [-0.15, -0.1) is 0 Å². The summed E-state index contributed by atoms with van der Waals surface area (Å²) in [5, 5.41) is 7.63. The summed E-state index contributed by atoms with van der Waals surface area (Å²) in [5.41, 5.74) is 0.147. The van der Waals surface area contributed by atoms with E-state index >= 15 is 0 Å². The van der Waals surface area contributed by atoms with Crippen LogP contribution in [0, 0.1) is 0 Å². The highest BCUT2D eigenvalue weighted by Crippen LogP contribution is 2.34. The minimum absolute atomic E-state index is 0.226. The number of benzene rings is 1. The van der Waals surface area contributed by atoms with Crippen LogP contribution in [0.25, 0.3) is 0 Å². The van der Waals surface area contributed by atoms with Crippen molar-refractivity contribution in [2.75, 3.05) is 20.3 Å². The molecule has 4 rings (SSSR count). The molecule has 1 saturated heterocycles. The third kappa shape index (κ3) is 3.65. The molecule has 1 fully saturated rings. The van der Waals surface area contributed by atoms with E-state index in [0.29, 0.717) is 55.0 Å². The Morgan fingerprint density at radius 1 is 1.41 bits per heavy atom. The topological polar surface area (TPSA) is 95.7 Å². The molecule has 8 nitrogen and oxygen atoms in total. The van der Waals surface area contributed by atoms with Crippen molar-refractivity contribution in [3.8, 4) is 5.75 Å². The Balaban J connectivity index is 1.52. The molecule has 0 spiro atoms. The van der Waals surface area contributed by atoms with Crippen molar-refractivity contribution < 1.29 is 23.5 Å². The average molecular weight is 394 g/mol. The van der Waals surface area contributed by atoms with Gasteiger partial charge in [-0.05, 0) is 23.8 Å². The van der Waals surface area contributed by atoms with E-state index in [4.69, 9.17) is 30.3 Å². The highest BCUT2D eigenvalue weighted by Gasteiger charge is 2.43. The second kappa shape index (κ2) is 7.46. The minimum atomic E-state index is -0.774. The molecule has 1 N–H and O–H groups in total. The maximum Gasteiger partial charge on any atom is 0.262 e. The van der Waals surface area contributed by atoms with Gasteiger partial charge in [0.2, 0.25) is 0 Å². The van der Waals surface area contributed by atoms with Gasteiger partial charge in [-0.25, -0.2) is 0 Å². The SMILES string of the molecule is COCc1noc(C2(NC(=O)C3Cc4cc(Cl)ccc4O3)CCOCC2)n1. The Labute approximate surface area is 161 Å². The van der Waals surface area contributed by atoms with E-state index in [1.54, 1.807) is 19.2 Å². The Morgan fingerprint density at radius 3 is 3.00 bits per heavy atom. The molecule has 1 aromatic heterocycles. The van der Waals surface area contributed by atoms with Crippen molar-refractivity contribution in [1.82, 2.24) is 15.5 Å².